The quantitative estimate of drug-likeness (QED) is 0.250. The maximum Gasteiger partial charge on any atom is 0.271 e. The highest BCUT2D eigenvalue weighted by Gasteiger charge is 2.20. The van der Waals surface area contributed by atoms with Gasteiger partial charge in [-0.05, 0) is 36.8 Å². The standard InChI is InChI=1S/C27H24N6O2S2/c1-18(19-8-4-3-5-9-19)29-26(34)21-16-36-24(30-21)17-37-27-32-31-25(20-12-14-28-15-13-20)33(27)22-10-6-7-11-23(22)35-2/h3-16,18H,17H2,1-2H3,(H,29,34). The van der Waals surface area contributed by atoms with E-state index in [1.165, 1.54) is 23.1 Å². The highest BCUT2D eigenvalue weighted by atomic mass is 32.2. The van der Waals surface area contributed by atoms with Gasteiger partial charge >= 0.3 is 0 Å². The zero-order valence-electron chi connectivity index (χ0n) is 20.2. The smallest absolute Gasteiger partial charge is 0.271 e. The van der Waals surface area contributed by atoms with Gasteiger partial charge in [-0.15, -0.1) is 21.5 Å². The molecule has 5 rings (SSSR count). The highest BCUT2D eigenvalue weighted by molar-refractivity contribution is 7.98. The molecule has 1 amide bonds. The van der Waals surface area contributed by atoms with Crippen LogP contribution in [0.25, 0.3) is 17.1 Å². The molecule has 0 fully saturated rings. The van der Waals surface area contributed by atoms with E-state index in [0.29, 0.717) is 28.2 Å². The molecule has 0 spiro atoms. The second-order valence-corrected chi connectivity index (χ2v) is 9.96. The molecule has 37 heavy (non-hydrogen) atoms. The fourth-order valence-electron chi connectivity index (χ4n) is 3.79. The summed E-state index contributed by atoms with van der Waals surface area (Å²) in [6.07, 6.45) is 3.45. The summed E-state index contributed by atoms with van der Waals surface area (Å²) in [6.45, 7) is 1.96. The number of pyridine rings is 1. The van der Waals surface area contributed by atoms with Crippen molar-refractivity contribution in [1.82, 2.24) is 30.0 Å². The summed E-state index contributed by atoms with van der Waals surface area (Å²) in [6, 6.07) is 21.3. The average molecular weight is 529 g/mol. The number of hydrogen-bond donors (Lipinski definition) is 1. The Bertz CT molecular complexity index is 1490. The van der Waals surface area contributed by atoms with E-state index in [-0.39, 0.29) is 11.9 Å². The molecular weight excluding hydrogens is 504 g/mol. The number of thiazole rings is 1. The van der Waals surface area contributed by atoms with Crippen LogP contribution >= 0.6 is 23.1 Å². The maximum absolute atomic E-state index is 12.8. The number of hydrogen-bond acceptors (Lipinski definition) is 8. The number of benzene rings is 2. The molecular formula is C27H24N6O2S2. The number of rotatable bonds is 9. The van der Waals surface area contributed by atoms with Gasteiger partial charge < -0.3 is 10.1 Å². The lowest BCUT2D eigenvalue weighted by Gasteiger charge is -2.13. The highest BCUT2D eigenvalue weighted by Crippen LogP contribution is 2.33. The Morgan fingerprint density at radius 1 is 1.05 bits per heavy atom. The summed E-state index contributed by atoms with van der Waals surface area (Å²) < 4.78 is 7.59. The number of aromatic nitrogens is 5. The summed E-state index contributed by atoms with van der Waals surface area (Å²) in [7, 11) is 1.64. The van der Waals surface area contributed by atoms with Crippen LogP contribution in [0.4, 0.5) is 0 Å². The second-order valence-electron chi connectivity index (χ2n) is 8.07. The van der Waals surface area contributed by atoms with Crippen molar-refractivity contribution in [2.75, 3.05) is 7.11 Å². The SMILES string of the molecule is COc1ccccc1-n1c(SCc2nc(C(=O)NC(C)c3ccccc3)cs2)nnc1-c1ccncc1. The number of thioether (sulfide) groups is 1. The van der Waals surface area contributed by atoms with E-state index in [2.05, 4.69) is 25.5 Å². The van der Waals surface area contributed by atoms with E-state index in [1.807, 2.05) is 78.2 Å². The zero-order valence-corrected chi connectivity index (χ0v) is 21.9. The largest absolute Gasteiger partial charge is 0.495 e. The summed E-state index contributed by atoms with van der Waals surface area (Å²) in [5, 5.41) is 15.3. The molecule has 0 saturated carbocycles. The number of carbonyl (C=O) groups is 1. The molecule has 0 saturated heterocycles. The number of nitrogens with zero attached hydrogens (tertiary/aromatic N) is 5. The lowest BCUT2D eigenvalue weighted by atomic mass is 10.1. The van der Waals surface area contributed by atoms with Crippen LogP contribution in [0.1, 0.15) is 34.0 Å². The molecule has 1 unspecified atom stereocenters. The first kappa shape index (κ1) is 24.7. The van der Waals surface area contributed by atoms with E-state index < -0.39 is 0 Å². The van der Waals surface area contributed by atoms with Crippen LogP contribution in [0.2, 0.25) is 0 Å². The van der Waals surface area contributed by atoms with E-state index in [1.54, 1.807) is 24.9 Å². The third-order valence-electron chi connectivity index (χ3n) is 5.65. The summed E-state index contributed by atoms with van der Waals surface area (Å²) in [5.41, 5.74) is 3.18. The van der Waals surface area contributed by atoms with Gasteiger partial charge in [0, 0.05) is 23.3 Å². The molecule has 3 heterocycles. The fraction of sp³-hybridized carbons (Fsp3) is 0.148. The summed E-state index contributed by atoms with van der Waals surface area (Å²) in [5.74, 6) is 1.74. The molecule has 2 aromatic carbocycles. The van der Waals surface area contributed by atoms with Crippen LogP contribution in [0.3, 0.4) is 0 Å². The van der Waals surface area contributed by atoms with Crippen molar-refractivity contribution in [2.45, 2.75) is 23.9 Å². The summed E-state index contributed by atoms with van der Waals surface area (Å²) >= 11 is 2.95. The van der Waals surface area contributed by atoms with E-state index in [4.69, 9.17) is 4.74 Å². The summed E-state index contributed by atoms with van der Waals surface area (Å²) in [4.78, 5) is 21.4. The lowest BCUT2D eigenvalue weighted by Crippen LogP contribution is -2.26. The molecule has 0 aliphatic carbocycles. The molecule has 0 aliphatic rings. The number of nitrogens with one attached hydrogen (secondary N) is 1. The van der Waals surface area contributed by atoms with Gasteiger partial charge in [-0.1, -0.05) is 54.2 Å². The molecule has 0 aliphatic heterocycles. The van der Waals surface area contributed by atoms with Gasteiger partial charge in [-0.25, -0.2) is 4.98 Å². The fourth-order valence-corrected chi connectivity index (χ4v) is 5.52. The second kappa shape index (κ2) is 11.4. The predicted molar refractivity (Wildman–Crippen MR) is 145 cm³/mol. The normalized spacial score (nSPS) is 11.7. The minimum absolute atomic E-state index is 0.112. The van der Waals surface area contributed by atoms with Crippen LogP contribution in [0.5, 0.6) is 5.75 Å². The Hall–Kier alpha value is -4.02. The van der Waals surface area contributed by atoms with Gasteiger partial charge in [0.1, 0.15) is 16.5 Å². The van der Waals surface area contributed by atoms with Crippen molar-refractivity contribution in [1.29, 1.82) is 0 Å². The molecule has 1 N–H and O–H groups in total. The van der Waals surface area contributed by atoms with Crippen LogP contribution < -0.4 is 10.1 Å². The average Bonchev–Trinajstić information content (AvgIpc) is 3.60. The van der Waals surface area contributed by atoms with Crippen LogP contribution in [0, 0.1) is 0 Å². The third-order valence-corrected chi connectivity index (χ3v) is 7.63. The number of para-hydroxylation sites is 2. The van der Waals surface area contributed by atoms with Gasteiger partial charge in [0.25, 0.3) is 5.91 Å². The van der Waals surface area contributed by atoms with E-state index in [0.717, 1.165) is 21.8 Å². The van der Waals surface area contributed by atoms with Gasteiger partial charge in [0.2, 0.25) is 0 Å². The molecule has 186 valence electrons. The number of amides is 1. The van der Waals surface area contributed by atoms with Crippen molar-refractivity contribution >= 4 is 29.0 Å². The Kier molecular flexibility index (Phi) is 7.57. The monoisotopic (exact) mass is 528 g/mol. The molecule has 1 atom stereocenters. The first-order valence-electron chi connectivity index (χ1n) is 11.6. The van der Waals surface area contributed by atoms with Crippen molar-refractivity contribution in [2.24, 2.45) is 0 Å². The zero-order chi connectivity index (χ0) is 25.6. The predicted octanol–water partition coefficient (Wildman–Crippen LogP) is 5.58. The van der Waals surface area contributed by atoms with Gasteiger partial charge in [-0.3, -0.25) is 14.3 Å². The third kappa shape index (κ3) is 5.55. The first-order valence-corrected chi connectivity index (χ1v) is 13.4. The van der Waals surface area contributed by atoms with Gasteiger partial charge in [0.15, 0.2) is 11.0 Å². The Balaban J connectivity index is 1.36. The van der Waals surface area contributed by atoms with Crippen LogP contribution in [-0.4, -0.2) is 37.7 Å². The van der Waals surface area contributed by atoms with Crippen molar-refractivity contribution in [3.05, 3.63) is 101 Å². The van der Waals surface area contributed by atoms with E-state index >= 15 is 0 Å². The number of carbonyl (C=O) groups excluding carboxylic acids is 1. The molecule has 5 aromatic rings. The molecule has 0 bridgehead atoms. The maximum atomic E-state index is 12.8. The first-order chi connectivity index (χ1) is 18.1. The van der Waals surface area contributed by atoms with Crippen molar-refractivity contribution < 1.29 is 9.53 Å². The molecule has 8 nitrogen and oxygen atoms in total. The van der Waals surface area contributed by atoms with Crippen molar-refractivity contribution in [3.63, 3.8) is 0 Å². The van der Waals surface area contributed by atoms with Crippen LogP contribution in [0.15, 0.2) is 89.7 Å². The Morgan fingerprint density at radius 3 is 2.59 bits per heavy atom. The van der Waals surface area contributed by atoms with Gasteiger partial charge in [-0.2, -0.15) is 0 Å². The van der Waals surface area contributed by atoms with Gasteiger partial charge in [0.05, 0.1) is 24.6 Å². The van der Waals surface area contributed by atoms with E-state index in [9.17, 15) is 4.79 Å². The minimum Gasteiger partial charge on any atom is -0.495 e. The lowest BCUT2D eigenvalue weighted by molar-refractivity contribution is 0.0935. The Morgan fingerprint density at radius 2 is 1.81 bits per heavy atom. The Labute approximate surface area is 222 Å². The molecule has 10 heteroatoms. The topological polar surface area (TPSA) is 94.8 Å². The minimum atomic E-state index is -0.194. The number of methoxy groups -OCH3 is 1. The molecule has 3 aromatic heterocycles. The van der Waals surface area contributed by atoms with Crippen LogP contribution in [-0.2, 0) is 5.75 Å². The van der Waals surface area contributed by atoms with Crippen molar-refractivity contribution in [3.8, 4) is 22.8 Å². The molecule has 0 radical (unpaired) electrons. The number of ether oxygens (including phenoxy) is 1.